The van der Waals surface area contributed by atoms with E-state index >= 15 is 0 Å². The lowest BCUT2D eigenvalue weighted by molar-refractivity contribution is -0.146. The molecule has 230 valence electrons. The molecule has 4 aromatic rings. The van der Waals surface area contributed by atoms with Gasteiger partial charge in [0.2, 0.25) is 5.91 Å². The summed E-state index contributed by atoms with van der Waals surface area (Å²) in [6.45, 7) is 12.9. The molecule has 2 atom stereocenters. The zero-order valence-corrected chi connectivity index (χ0v) is 26.7. The van der Waals surface area contributed by atoms with Crippen LogP contribution < -0.4 is 10.6 Å². The summed E-state index contributed by atoms with van der Waals surface area (Å²) in [6.07, 6.45) is -0.480. The Morgan fingerprint density at radius 3 is 2.07 bits per heavy atom. The molecule has 3 amide bonds. The van der Waals surface area contributed by atoms with Gasteiger partial charge in [-0.25, -0.2) is 4.79 Å². The third kappa shape index (κ3) is 8.47. The first kappa shape index (κ1) is 32.3. The molecule has 0 fully saturated rings. The molecule has 0 aliphatic heterocycles. The van der Waals surface area contributed by atoms with E-state index < -0.39 is 35.2 Å². The average molecular weight is 594 g/mol. The van der Waals surface area contributed by atoms with Crippen LogP contribution in [0.5, 0.6) is 0 Å². The molecule has 0 spiro atoms. The minimum atomic E-state index is -0.993. The third-order valence-corrected chi connectivity index (χ3v) is 7.11. The second-order valence-electron chi connectivity index (χ2n) is 13.1. The van der Waals surface area contributed by atoms with E-state index in [-0.39, 0.29) is 12.3 Å². The number of aryl methyl sites for hydroxylation is 1. The Labute approximate surface area is 260 Å². The van der Waals surface area contributed by atoms with Crippen molar-refractivity contribution in [3.8, 4) is 0 Å². The number of nitrogens with zero attached hydrogens (tertiary/aromatic N) is 1. The minimum absolute atomic E-state index is 0.221. The molecule has 0 bridgehead atoms. The highest BCUT2D eigenvalue weighted by Gasteiger charge is 2.42. The largest absolute Gasteiger partial charge is 0.444 e. The Bertz CT molecular complexity index is 1620. The van der Waals surface area contributed by atoms with Crippen LogP contribution in [-0.4, -0.2) is 40.0 Å². The number of alkyl carbamates (subject to hydrolysis) is 1. The fourth-order valence-corrected chi connectivity index (χ4v) is 5.25. The highest BCUT2D eigenvalue weighted by atomic mass is 16.6. The van der Waals surface area contributed by atoms with Gasteiger partial charge in [-0.1, -0.05) is 90.5 Å². The van der Waals surface area contributed by atoms with Gasteiger partial charge in [0.1, 0.15) is 17.7 Å². The normalized spacial score (nSPS) is 13.1. The van der Waals surface area contributed by atoms with Crippen molar-refractivity contribution in [3.05, 3.63) is 114 Å². The number of rotatable bonds is 8. The number of carbonyl (C=O) groups is 3. The van der Waals surface area contributed by atoms with Crippen molar-refractivity contribution >= 4 is 34.4 Å². The number of nitrogens with one attached hydrogen (secondary N) is 2. The van der Waals surface area contributed by atoms with Gasteiger partial charge in [0.15, 0.2) is 0 Å². The van der Waals surface area contributed by atoms with E-state index in [1.54, 1.807) is 25.7 Å². The molecule has 0 heterocycles. The smallest absolute Gasteiger partial charge is 0.408 e. The maximum absolute atomic E-state index is 14.7. The van der Waals surface area contributed by atoms with Gasteiger partial charge >= 0.3 is 6.09 Å². The number of ether oxygens (including phenoxy) is 1. The first-order chi connectivity index (χ1) is 20.7. The molecule has 44 heavy (non-hydrogen) atoms. The molecule has 0 aliphatic carbocycles. The summed E-state index contributed by atoms with van der Waals surface area (Å²) in [7, 11) is 0. The fraction of sp³-hybridized carbons (Fsp3) is 0.324. The zero-order valence-electron chi connectivity index (χ0n) is 26.7. The van der Waals surface area contributed by atoms with Crippen molar-refractivity contribution in [1.29, 1.82) is 0 Å². The number of hydrogen-bond acceptors (Lipinski definition) is 4. The predicted molar refractivity (Wildman–Crippen MR) is 176 cm³/mol. The Hall–Kier alpha value is -4.65. The van der Waals surface area contributed by atoms with Crippen molar-refractivity contribution in [1.82, 2.24) is 10.2 Å². The Morgan fingerprint density at radius 2 is 1.43 bits per heavy atom. The number of carbonyl (C=O) groups excluding carboxylic acids is 3. The highest BCUT2D eigenvalue weighted by molar-refractivity contribution is 6.00. The molecule has 2 N–H and O–H groups in total. The molecule has 4 rings (SSSR count). The molecule has 0 radical (unpaired) electrons. The lowest BCUT2D eigenvalue weighted by Gasteiger charge is -2.43. The number of fused-ring (bicyclic) bond motifs is 1. The van der Waals surface area contributed by atoms with Crippen LogP contribution in [0.2, 0.25) is 0 Å². The first-order valence-electron chi connectivity index (χ1n) is 14.9. The van der Waals surface area contributed by atoms with Gasteiger partial charge < -0.3 is 20.3 Å². The number of benzene rings is 4. The highest BCUT2D eigenvalue weighted by Crippen LogP contribution is 2.32. The molecule has 4 aromatic carbocycles. The average Bonchev–Trinajstić information content (AvgIpc) is 2.94. The van der Waals surface area contributed by atoms with Gasteiger partial charge in [0, 0.05) is 17.6 Å². The van der Waals surface area contributed by atoms with Crippen LogP contribution >= 0.6 is 0 Å². The number of anilines is 1. The van der Waals surface area contributed by atoms with Crippen LogP contribution in [0, 0.1) is 6.92 Å². The fourth-order valence-electron chi connectivity index (χ4n) is 5.25. The van der Waals surface area contributed by atoms with Crippen LogP contribution in [-0.2, 0) is 20.7 Å². The minimum Gasteiger partial charge on any atom is -0.444 e. The summed E-state index contributed by atoms with van der Waals surface area (Å²) in [5.41, 5.74) is 1.56. The van der Waals surface area contributed by atoms with Crippen molar-refractivity contribution in [2.45, 2.75) is 78.1 Å². The van der Waals surface area contributed by atoms with Gasteiger partial charge in [-0.2, -0.15) is 0 Å². The SMILES string of the molecule is Cc1cccc(C(C(=O)Nc2ccc3ccccc3c2)N(C(=O)C(Cc2ccccc2)NC(=O)OC(C)(C)C)C(C)(C)C)c1. The van der Waals surface area contributed by atoms with E-state index in [1.165, 1.54) is 0 Å². The summed E-state index contributed by atoms with van der Waals surface area (Å²) < 4.78 is 5.54. The van der Waals surface area contributed by atoms with Gasteiger partial charge in [0.25, 0.3) is 5.91 Å². The molecule has 7 heteroatoms. The molecular weight excluding hydrogens is 550 g/mol. The topological polar surface area (TPSA) is 87.7 Å². The summed E-state index contributed by atoms with van der Waals surface area (Å²) >= 11 is 0. The second-order valence-corrected chi connectivity index (χ2v) is 13.1. The third-order valence-electron chi connectivity index (χ3n) is 7.11. The van der Waals surface area contributed by atoms with E-state index in [9.17, 15) is 14.4 Å². The number of amides is 3. The van der Waals surface area contributed by atoms with Gasteiger partial charge in [-0.3, -0.25) is 9.59 Å². The van der Waals surface area contributed by atoms with E-state index in [2.05, 4.69) is 10.6 Å². The molecule has 7 nitrogen and oxygen atoms in total. The number of hydrogen-bond donors (Lipinski definition) is 2. The van der Waals surface area contributed by atoms with Crippen LogP contribution in [0.3, 0.4) is 0 Å². The first-order valence-corrected chi connectivity index (χ1v) is 14.9. The summed E-state index contributed by atoms with van der Waals surface area (Å²) in [4.78, 5) is 43.6. The Balaban J connectivity index is 1.77. The van der Waals surface area contributed by atoms with Crippen LogP contribution in [0.1, 0.15) is 64.3 Å². The van der Waals surface area contributed by atoms with E-state index in [4.69, 9.17) is 4.74 Å². The molecule has 2 unspecified atom stereocenters. The van der Waals surface area contributed by atoms with Gasteiger partial charge in [0.05, 0.1) is 0 Å². The Kier molecular flexibility index (Phi) is 9.78. The van der Waals surface area contributed by atoms with Crippen LogP contribution in [0.4, 0.5) is 10.5 Å². The van der Waals surface area contributed by atoms with E-state index in [0.29, 0.717) is 11.3 Å². The van der Waals surface area contributed by atoms with Gasteiger partial charge in [-0.15, -0.1) is 0 Å². The van der Waals surface area contributed by atoms with Gasteiger partial charge in [-0.05, 0) is 82.5 Å². The maximum Gasteiger partial charge on any atom is 0.408 e. The lowest BCUT2D eigenvalue weighted by Crippen LogP contribution is -2.58. The van der Waals surface area contributed by atoms with Crippen molar-refractivity contribution in [3.63, 3.8) is 0 Å². The molecule has 0 saturated carbocycles. The summed E-state index contributed by atoms with van der Waals surface area (Å²) in [5, 5.41) is 7.94. The zero-order chi connectivity index (χ0) is 32.1. The lowest BCUT2D eigenvalue weighted by atomic mass is 9.93. The maximum atomic E-state index is 14.7. The monoisotopic (exact) mass is 593 g/mol. The summed E-state index contributed by atoms with van der Waals surface area (Å²) in [6, 6.07) is 28.8. The molecule has 0 saturated heterocycles. The van der Waals surface area contributed by atoms with Crippen molar-refractivity contribution in [2.24, 2.45) is 0 Å². The van der Waals surface area contributed by atoms with E-state index in [0.717, 1.165) is 21.9 Å². The van der Waals surface area contributed by atoms with Crippen LogP contribution in [0.15, 0.2) is 97.1 Å². The quantitative estimate of drug-likeness (QED) is 0.220. The summed E-state index contributed by atoms with van der Waals surface area (Å²) in [5.74, 6) is -0.753. The standard InChI is InChI=1S/C37H43N3O4/c1-25-14-13-19-29(22-25)32(33(41)38-30-21-20-27-17-11-12-18-28(27)24-30)40(36(2,3)4)34(42)31(23-26-15-9-8-10-16-26)39-35(43)44-37(5,6)7/h8-22,24,31-32H,23H2,1-7H3,(H,38,41)(H,39,43). The van der Waals surface area contributed by atoms with E-state index in [1.807, 2.05) is 125 Å². The van der Waals surface area contributed by atoms with Crippen LogP contribution in [0.25, 0.3) is 10.8 Å². The molecule has 0 aliphatic rings. The van der Waals surface area contributed by atoms with Crippen molar-refractivity contribution < 1.29 is 19.1 Å². The predicted octanol–water partition coefficient (Wildman–Crippen LogP) is 7.59. The van der Waals surface area contributed by atoms with Crippen molar-refractivity contribution in [2.75, 3.05) is 5.32 Å². The second kappa shape index (κ2) is 13.3. The Morgan fingerprint density at radius 1 is 0.773 bits per heavy atom. The molecule has 0 aromatic heterocycles. The molecular formula is C37H43N3O4.